The van der Waals surface area contributed by atoms with Gasteiger partial charge >= 0.3 is 11.9 Å². The fraction of sp³-hybridized carbons (Fsp3) is 0.458. The number of carboxylic acid groups (broad SMARTS) is 2. The first kappa shape index (κ1) is 27.3. The number of fused-ring (bicyclic) bond motifs is 1. The summed E-state index contributed by atoms with van der Waals surface area (Å²) in [6, 6.07) is 5.12. The molecular weight excluding hydrogens is 556 g/mol. The van der Waals surface area contributed by atoms with Crippen LogP contribution in [0.1, 0.15) is 63.4 Å². The number of hydrogen-bond acceptors (Lipinski definition) is 6. The van der Waals surface area contributed by atoms with E-state index in [0.29, 0.717) is 22.1 Å². The molecule has 0 radical (unpaired) electrons. The highest BCUT2D eigenvalue weighted by molar-refractivity contribution is 9.10. The summed E-state index contributed by atoms with van der Waals surface area (Å²) in [7, 11) is 0. The largest absolute Gasteiger partial charge is 0.481 e. The van der Waals surface area contributed by atoms with Crippen molar-refractivity contribution >= 4 is 79.2 Å². The molecule has 8 nitrogen and oxygen atoms in total. The zero-order chi connectivity index (χ0) is 25.5. The summed E-state index contributed by atoms with van der Waals surface area (Å²) in [6.07, 6.45) is 7.79. The molecule has 2 N–H and O–H groups in total. The van der Waals surface area contributed by atoms with Crippen molar-refractivity contribution in [2.45, 2.75) is 57.8 Å². The quantitative estimate of drug-likeness (QED) is 0.189. The van der Waals surface area contributed by atoms with E-state index in [1.165, 1.54) is 9.80 Å². The molecule has 0 aromatic heterocycles. The molecule has 35 heavy (non-hydrogen) atoms. The molecule has 11 heteroatoms. The highest BCUT2D eigenvalue weighted by atomic mass is 79.9. The minimum absolute atomic E-state index is 0.199. The van der Waals surface area contributed by atoms with E-state index in [4.69, 9.17) is 17.3 Å². The molecule has 3 rings (SSSR count). The van der Waals surface area contributed by atoms with Crippen LogP contribution in [0.25, 0.3) is 5.57 Å². The van der Waals surface area contributed by atoms with Crippen molar-refractivity contribution in [3.05, 3.63) is 33.1 Å². The van der Waals surface area contributed by atoms with E-state index < -0.39 is 24.4 Å². The van der Waals surface area contributed by atoms with Gasteiger partial charge in [0.05, 0.1) is 16.2 Å². The number of anilines is 1. The summed E-state index contributed by atoms with van der Waals surface area (Å²) >= 11 is 9.91. The molecule has 2 heterocycles. The molecule has 0 aliphatic carbocycles. The Morgan fingerprint density at radius 3 is 2.14 bits per heavy atom. The molecule has 188 valence electrons. The van der Waals surface area contributed by atoms with Crippen LogP contribution < -0.4 is 4.90 Å². The number of carbonyl (C=O) groups is 4. The Kier molecular flexibility index (Phi) is 9.88. The summed E-state index contributed by atoms with van der Waals surface area (Å²) in [4.78, 5) is 51.1. The van der Waals surface area contributed by atoms with Crippen molar-refractivity contribution < 1.29 is 29.4 Å². The van der Waals surface area contributed by atoms with Crippen LogP contribution in [0.5, 0.6) is 0 Å². The second-order valence-corrected chi connectivity index (χ2v) is 11.0. The maximum Gasteiger partial charge on any atom is 0.323 e. The van der Waals surface area contributed by atoms with Gasteiger partial charge in [0.2, 0.25) is 0 Å². The number of rotatable bonds is 13. The molecule has 2 aliphatic heterocycles. The Morgan fingerprint density at radius 1 is 0.886 bits per heavy atom. The fourth-order valence-corrected chi connectivity index (χ4v) is 5.91. The summed E-state index contributed by atoms with van der Waals surface area (Å²) in [5.41, 5.74) is 1.18. The van der Waals surface area contributed by atoms with Gasteiger partial charge in [-0.05, 0) is 31.0 Å². The van der Waals surface area contributed by atoms with E-state index in [0.717, 1.165) is 67.6 Å². The lowest BCUT2D eigenvalue weighted by Gasteiger charge is -2.14. The first-order valence-electron chi connectivity index (χ1n) is 11.5. The Balaban J connectivity index is 1.58. The lowest BCUT2D eigenvalue weighted by atomic mass is 10.1. The van der Waals surface area contributed by atoms with Crippen LogP contribution in [0, 0.1) is 0 Å². The Hall–Kier alpha value is -2.24. The van der Waals surface area contributed by atoms with Crippen LogP contribution in [-0.2, 0) is 19.2 Å². The molecule has 1 aromatic carbocycles. The summed E-state index contributed by atoms with van der Waals surface area (Å²) < 4.78 is 1.12. The number of benzene rings is 1. The van der Waals surface area contributed by atoms with E-state index >= 15 is 0 Å². The molecule has 1 saturated heterocycles. The average molecular weight is 584 g/mol. The molecule has 1 aromatic rings. The van der Waals surface area contributed by atoms with Crippen LogP contribution in [0.15, 0.2) is 27.6 Å². The summed E-state index contributed by atoms with van der Waals surface area (Å²) in [6.45, 7) is -0.0186. The van der Waals surface area contributed by atoms with Gasteiger partial charge in [-0.15, -0.1) is 0 Å². The number of thioether (sulfide) groups is 1. The van der Waals surface area contributed by atoms with Crippen molar-refractivity contribution in [1.82, 2.24) is 4.90 Å². The zero-order valence-corrected chi connectivity index (χ0v) is 22.3. The molecule has 0 atom stereocenters. The van der Waals surface area contributed by atoms with Gasteiger partial charge in [-0.1, -0.05) is 78.4 Å². The number of nitrogens with zero attached hydrogens (tertiary/aromatic N) is 2. The van der Waals surface area contributed by atoms with Gasteiger partial charge in [-0.25, -0.2) is 0 Å². The second-order valence-electron chi connectivity index (χ2n) is 8.45. The zero-order valence-electron chi connectivity index (χ0n) is 19.1. The predicted molar refractivity (Wildman–Crippen MR) is 142 cm³/mol. The number of hydrogen-bond donors (Lipinski definition) is 2. The number of halogens is 1. The molecule has 0 saturated carbocycles. The van der Waals surface area contributed by atoms with Crippen molar-refractivity contribution in [3.63, 3.8) is 0 Å². The molecule has 0 unspecified atom stereocenters. The van der Waals surface area contributed by atoms with E-state index in [2.05, 4.69) is 15.9 Å². The molecule has 2 aliphatic rings. The van der Waals surface area contributed by atoms with Gasteiger partial charge in [-0.2, -0.15) is 0 Å². The highest BCUT2D eigenvalue weighted by Crippen LogP contribution is 2.45. The Morgan fingerprint density at radius 2 is 1.51 bits per heavy atom. The van der Waals surface area contributed by atoms with E-state index in [1.54, 1.807) is 18.2 Å². The average Bonchev–Trinajstić information content (AvgIpc) is 3.21. The smallest absolute Gasteiger partial charge is 0.323 e. The SMILES string of the molecule is O=C(O)CCCCCCCCCCN1C(=O)C(=C2C(=O)N(CC(=O)O)c3ccc(Br)cc32)SC1=S. The molecular formula is C24H27BrN2O6S2. The number of carboxylic acids is 2. The lowest BCUT2D eigenvalue weighted by Crippen LogP contribution is -2.33. The van der Waals surface area contributed by atoms with Gasteiger partial charge in [0.15, 0.2) is 0 Å². The van der Waals surface area contributed by atoms with Gasteiger partial charge in [0, 0.05) is 23.0 Å². The van der Waals surface area contributed by atoms with Crippen molar-refractivity contribution in [2.75, 3.05) is 18.0 Å². The van der Waals surface area contributed by atoms with Crippen LogP contribution in [0.4, 0.5) is 5.69 Å². The first-order valence-corrected chi connectivity index (χ1v) is 13.6. The second kappa shape index (κ2) is 12.6. The van der Waals surface area contributed by atoms with Gasteiger partial charge < -0.3 is 10.2 Å². The van der Waals surface area contributed by atoms with Crippen molar-refractivity contribution in [1.29, 1.82) is 0 Å². The van der Waals surface area contributed by atoms with E-state index in [-0.39, 0.29) is 22.8 Å². The summed E-state index contributed by atoms with van der Waals surface area (Å²) in [5, 5.41) is 17.9. The van der Waals surface area contributed by atoms with Crippen LogP contribution in [0.3, 0.4) is 0 Å². The minimum Gasteiger partial charge on any atom is -0.481 e. The third kappa shape index (κ3) is 6.92. The monoisotopic (exact) mass is 582 g/mol. The van der Waals surface area contributed by atoms with Gasteiger partial charge in [0.1, 0.15) is 10.9 Å². The van der Waals surface area contributed by atoms with Crippen molar-refractivity contribution in [2.24, 2.45) is 0 Å². The third-order valence-corrected chi connectivity index (χ3v) is 7.81. The van der Waals surface area contributed by atoms with Crippen LogP contribution in [-0.4, -0.2) is 56.3 Å². The number of unbranched alkanes of at least 4 members (excludes halogenated alkanes) is 7. The van der Waals surface area contributed by atoms with Crippen LogP contribution >= 0.6 is 39.9 Å². The Labute approximate surface area is 221 Å². The number of thiocarbonyl (C=S) groups is 1. The van der Waals surface area contributed by atoms with Gasteiger partial charge in [-0.3, -0.25) is 29.0 Å². The molecule has 2 amide bonds. The Bertz CT molecular complexity index is 1070. The molecule has 0 bridgehead atoms. The topological polar surface area (TPSA) is 115 Å². The van der Waals surface area contributed by atoms with E-state index in [1.807, 2.05) is 0 Å². The molecule has 1 fully saturated rings. The number of aliphatic carboxylic acids is 2. The summed E-state index contributed by atoms with van der Waals surface area (Å²) in [5.74, 6) is -2.71. The number of amides is 2. The van der Waals surface area contributed by atoms with Crippen molar-refractivity contribution in [3.8, 4) is 0 Å². The third-order valence-electron chi connectivity index (χ3n) is 5.87. The van der Waals surface area contributed by atoms with Crippen LogP contribution in [0.2, 0.25) is 0 Å². The standard InChI is InChI=1S/C24H27BrN2O6S2/c25-15-10-11-17-16(13-15)20(22(32)27(17)14-19(30)31)21-23(33)26(24(34)35-21)12-8-6-4-2-1-3-5-7-9-18(28)29/h10-11,13H,1-9,12,14H2,(H,28,29)(H,30,31). The maximum atomic E-state index is 13.2. The first-order chi connectivity index (χ1) is 16.7. The maximum absolute atomic E-state index is 13.2. The fourth-order valence-electron chi connectivity index (χ4n) is 4.16. The minimum atomic E-state index is -1.14. The number of carbonyl (C=O) groups excluding carboxylic acids is 2. The lowest BCUT2D eigenvalue weighted by molar-refractivity contribution is -0.137. The normalized spacial score (nSPS) is 17.5. The predicted octanol–water partition coefficient (Wildman–Crippen LogP) is 5.05. The molecule has 0 spiro atoms. The highest BCUT2D eigenvalue weighted by Gasteiger charge is 2.42. The van der Waals surface area contributed by atoms with E-state index in [9.17, 15) is 24.3 Å². The van der Waals surface area contributed by atoms with Gasteiger partial charge in [0.25, 0.3) is 11.8 Å².